The molecule has 0 spiro atoms. The Morgan fingerprint density at radius 3 is 2.03 bits per heavy atom. The molecule has 0 saturated carbocycles. The fourth-order valence-electron chi connectivity index (χ4n) is 3.94. The lowest BCUT2D eigenvalue weighted by atomic mass is 9.80. The lowest BCUT2D eigenvalue weighted by molar-refractivity contribution is 0.458. The normalized spacial score (nSPS) is 11.3. The second kappa shape index (κ2) is 9.80. The number of rotatable bonds is 9. The van der Waals surface area contributed by atoms with Gasteiger partial charge in [-0.3, -0.25) is 0 Å². The van der Waals surface area contributed by atoms with E-state index in [0.29, 0.717) is 0 Å². The molecule has 30 heavy (non-hydrogen) atoms. The Morgan fingerprint density at radius 2 is 1.47 bits per heavy atom. The Labute approximate surface area is 183 Å². The van der Waals surface area contributed by atoms with Gasteiger partial charge in [0.1, 0.15) is 0 Å². The zero-order valence-corrected chi connectivity index (χ0v) is 19.0. The van der Waals surface area contributed by atoms with Gasteiger partial charge in [-0.2, -0.15) is 0 Å². The molecule has 0 atom stereocenters. The van der Waals surface area contributed by atoms with Crippen molar-refractivity contribution in [2.24, 2.45) is 0 Å². The molecular formula is C29H35N. The first kappa shape index (κ1) is 21.9. The highest BCUT2D eigenvalue weighted by Gasteiger charge is 2.20. The van der Waals surface area contributed by atoms with Crippen molar-refractivity contribution >= 4 is 23.1 Å². The first-order valence-corrected chi connectivity index (χ1v) is 11.2. The van der Waals surface area contributed by atoms with Gasteiger partial charge < -0.3 is 4.90 Å². The molecule has 0 heterocycles. The number of nitrogens with zero attached hydrogens (tertiary/aromatic N) is 1. The van der Waals surface area contributed by atoms with Gasteiger partial charge in [0.05, 0.1) is 0 Å². The second-order valence-corrected chi connectivity index (χ2v) is 8.69. The summed E-state index contributed by atoms with van der Waals surface area (Å²) in [6.07, 6.45) is 6.67. The molecule has 1 nitrogen and oxygen atoms in total. The van der Waals surface area contributed by atoms with E-state index in [0.717, 1.165) is 17.7 Å². The van der Waals surface area contributed by atoms with E-state index in [9.17, 15) is 0 Å². The zero-order valence-electron chi connectivity index (χ0n) is 19.0. The predicted octanol–water partition coefficient (Wildman–Crippen LogP) is 8.83. The van der Waals surface area contributed by atoms with Crippen LogP contribution in [-0.2, 0) is 11.8 Å². The van der Waals surface area contributed by atoms with Crippen LogP contribution in [0.5, 0.6) is 0 Å². The summed E-state index contributed by atoms with van der Waals surface area (Å²) >= 11 is 0. The van der Waals surface area contributed by atoms with Gasteiger partial charge in [0.2, 0.25) is 0 Å². The monoisotopic (exact) mass is 397 g/mol. The molecule has 0 amide bonds. The Kier molecular flexibility index (Phi) is 7.15. The van der Waals surface area contributed by atoms with Gasteiger partial charge in [-0.05, 0) is 71.3 Å². The predicted molar refractivity (Wildman–Crippen MR) is 133 cm³/mol. The molecule has 0 aromatic heterocycles. The third-order valence-electron chi connectivity index (χ3n) is 6.03. The van der Waals surface area contributed by atoms with E-state index in [1.165, 1.54) is 41.8 Å². The molecule has 3 rings (SSSR count). The summed E-state index contributed by atoms with van der Waals surface area (Å²) in [5.41, 5.74) is 7.58. The van der Waals surface area contributed by atoms with Crippen molar-refractivity contribution in [2.45, 2.75) is 58.8 Å². The number of benzene rings is 3. The van der Waals surface area contributed by atoms with E-state index in [1.807, 2.05) is 6.08 Å². The smallest absolute Gasteiger partial charge is 0.0467 e. The van der Waals surface area contributed by atoms with Crippen LogP contribution in [0.15, 0.2) is 79.4 Å². The van der Waals surface area contributed by atoms with Crippen molar-refractivity contribution in [1.29, 1.82) is 0 Å². The molecule has 3 aromatic carbocycles. The van der Waals surface area contributed by atoms with Gasteiger partial charge in [0.25, 0.3) is 0 Å². The van der Waals surface area contributed by atoms with E-state index in [2.05, 4.69) is 112 Å². The summed E-state index contributed by atoms with van der Waals surface area (Å²) in [5.74, 6) is 0. The van der Waals surface area contributed by atoms with Crippen LogP contribution in [0, 0.1) is 0 Å². The molecule has 0 aliphatic heterocycles. The number of anilines is 3. The highest BCUT2D eigenvalue weighted by Crippen LogP contribution is 2.37. The fourth-order valence-corrected chi connectivity index (χ4v) is 3.94. The molecule has 0 radical (unpaired) electrons. The van der Waals surface area contributed by atoms with E-state index >= 15 is 0 Å². The summed E-state index contributed by atoms with van der Waals surface area (Å²) in [7, 11) is 0. The van der Waals surface area contributed by atoms with Crippen molar-refractivity contribution in [3.05, 3.63) is 96.1 Å². The zero-order chi connectivity index (χ0) is 21.6. The van der Waals surface area contributed by atoms with Crippen LogP contribution in [0.1, 0.15) is 63.6 Å². The molecule has 156 valence electrons. The number of aryl methyl sites for hydroxylation is 1. The first-order valence-electron chi connectivity index (χ1n) is 11.2. The summed E-state index contributed by atoms with van der Waals surface area (Å²) in [5, 5.41) is 0. The lowest BCUT2D eigenvalue weighted by Gasteiger charge is -2.28. The van der Waals surface area contributed by atoms with E-state index in [4.69, 9.17) is 0 Å². The SMILES string of the molecule is C=Cc1cccc(N(c2ccc(CC)cc2)c2ccc(C(C)(C)CCCC)cc2)c1. The van der Waals surface area contributed by atoms with Gasteiger partial charge >= 0.3 is 0 Å². The maximum absolute atomic E-state index is 3.94. The van der Waals surface area contributed by atoms with Crippen LogP contribution in [-0.4, -0.2) is 0 Å². The maximum Gasteiger partial charge on any atom is 0.0467 e. The average Bonchev–Trinajstić information content (AvgIpc) is 2.79. The number of unbranched alkanes of at least 4 members (excludes halogenated alkanes) is 1. The summed E-state index contributed by atoms with van der Waals surface area (Å²) in [6, 6.07) is 26.6. The number of hydrogen-bond acceptors (Lipinski definition) is 1. The Morgan fingerprint density at radius 1 is 0.833 bits per heavy atom. The van der Waals surface area contributed by atoms with Crippen LogP contribution in [0.4, 0.5) is 17.1 Å². The van der Waals surface area contributed by atoms with Gasteiger partial charge in [-0.15, -0.1) is 0 Å². The topological polar surface area (TPSA) is 3.24 Å². The third-order valence-corrected chi connectivity index (χ3v) is 6.03. The fraction of sp³-hybridized carbons (Fsp3) is 0.310. The van der Waals surface area contributed by atoms with Gasteiger partial charge in [-0.25, -0.2) is 0 Å². The van der Waals surface area contributed by atoms with Crippen molar-refractivity contribution in [2.75, 3.05) is 4.90 Å². The minimum absolute atomic E-state index is 0.199. The molecule has 0 fully saturated rings. The van der Waals surface area contributed by atoms with E-state index < -0.39 is 0 Å². The largest absolute Gasteiger partial charge is 0.310 e. The Hall–Kier alpha value is -2.80. The Balaban J connectivity index is 2.02. The maximum atomic E-state index is 3.94. The molecule has 3 aromatic rings. The average molecular weight is 398 g/mol. The van der Waals surface area contributed by atoms with Crippen LogP contribution in [0.3, 0.4) is 0 Å². The van der Waals surface area contributed by atoms with Crippen LogP contribution >= 0.6 is 0 Å². The summed E-state index contributed by atoms with van der Waals surface area (Å²) in [6.45, 7) is 13.1. The molecule has 1 heteroatoms. The molecule has 0 N–H and O–H groups in total. The minimum atomic E-state index is 0.199. The van der Waals surface area contributed by atoms with Gasteiger partial charge in [-0.1, -0.05) is 89.6 Å². The highest BCUT2D eigenvalue weighted by molar-refractivity contribution is 5.77. The second-order valence-electron chi connectivity index (χ2n) is 8.69. The van der Waals surface area contributed by atoms with Crippen molar-refractivity contribution in [3.63, 3.8) is 0 Å². The van der Waals surface area contributed by atoms with Crippen molar-refractivity contribution < 1.29 is 0 Å². The van der Waals surface area contributed by atoms with E-state index in [1.54, 1.807) is 0 Å². The van der Waals surface area contributed by atoms with Gasteiger partial charge in [0.15, 0.2) is 0 Å². The third kappa shape index (κ3) is 5.02. The first-order chi connectivity index (χ1) is 14.5. The molecule has 0 aliphatic rings. The van der Waals surface area contributed by atoms with Crippen molar-refractivity contribution in [3.8, 4) is 0 Å². The lowest BCUT2D eigenvalue weighted by Crippen LogP contribution is -2.17. The molecule has 0 saturated heterocycles. The number of hydrogen-bond donors (Lipinski definition) is 0. The highest BCUT2D eigenvalue weighted by atomic mass is 15.1. The van der Waals surface area contributed by atoms with Gasteiger partial charge in [0, 0.05) is 17.1 Å². The quantitative estimate of drug-likeness (QED) is 0.348. The molecule has 0 aliphatic carbocycles. The van der Waals surface area contributed by atoms with Crippen LogP contribution in [0.2, 0.25) is 0 Å². The summed E-state index contributed by atoms with van der Waals surface area (Å²) < 4.78 is 0. The van der Waals surface area contributed by atoms with Crippen LogP contribution in [0.25, 0.3) is 6.08 Å². The molecule has 0 unspecified atom stereocenters. The molecular weight excluding hydrogens is 362 g/mol. The minimum Gasteiger partial charge on any atom is -0.310 e. The van der Waals surface area contributed by atoms with E-state index in [-0.39, 0.29) is 5.41 Å². The molecule has 0 bridgehead atoms. The standard InChI is InChI=1S/C29H35N/c1-6-9-21-29(4,5)25-15-19-27(20-16-25)30(26-17-13-23(7-2)14-18-26)28-12-10-11-24(8-3)22-28/h8,10-20,22H,3,6-7,9,21H2,1-2,4-5H3. The van der Waals surface area contributed by atoms with Crippen LogP contribution < -0.4 is 4.90 Å². The van der Waals surface area contributed by atoms with Crippen molar-refractivity contribution in [1.82, 2.24) is 0 Å². The Bertz CT molecular complexity index is 948. The summed E-state index contributed by atoms with van der Waals surface area (Å²) in [4.78, 5) is 2.33.